The summed E-state index contributed by atoms with van der Waals surface area (Å²) in [5, 5.41) is 8.65. The van der Waals surface area contributed by atoms with Crippen LogP contribution in [0.5, 0.6) is 0 Å². The first-order chi connectivity index (χ1) is 8.22. The zero-order valence-corrected chi connectivity index (χ0v) is 9.84. The smallest absolute Gasteiger partial charge is 0.107 e. The second-order valence-corrected chi connectivity index (χ2v) is 3.73. The standard InChI is InChI=1S/C13H18FNO2/c1-17-13(12(15)9-14)11-6-4-10(5-7-11)3-2-8-16/h2-7,12-13,16H,8-9,15H2,1H3/b3-2+. The quantitative estimate of drug-likeness (QED) is 0.794. The van der Waals surface area contributed by atoms with E-state index in [9.17, 15) is 4.39 Å². The number of alkyl halides is 1. The Hall–Kier alpha value is -1.23. The maximum atomic E-state index is 12.5. The third kappa shape index (κ3) is 3.93. The van der Waals surface area contributed by atoms with E-state index in [0.29, 0.717) is 0 Å². The van der Waals surface area contributed by atoms with Gasteiger partial charge in [-0.1, -0.05) is 36.4 Å². The van der Waals surface area contributed by atoms with Crippen LogP contribution in [-0.4, -0.2) is 31.5 Å². The van der Waals surface area contributed by atoms with Crippen LogP contribution in [0, 0.1) is 0 Å². The number of aliphatic hydroxyl groups is 1. The summed E-state index contributed by atoms with van der Waals surface area (Å²) >= 11 is 0. The summed E-state index contributed by atoms with van der Waals surface area (Å²) in [6.45, 7) is -0.611. The fourth-order valence-electron chi connectivity index (χ4n) is 1.62. The number of methoxy groups -OCH3 is 1. The van der Waals surface area contributed by atoms with Gasteiger partial charge in [0.05, 0.1) is 18.8 Å². The Kier molecular flexibility index (Phi) is 5.83. The predicted octanol–water partition coefficient (Wildman–Crippen LogP) is 1.68. The fraction of sp³-hybridized carbons (Fsp3) is 0.385. The van der Waals surface area contributed by atoms with Crippen LogP contribution in [0.3, 0.4) is 0 Å². The molecule has 1 aromatic rings. The van der Waals surface area contributed by atoms with Crippen molar-refractivity contribution in [3.8, 4) is 0 Å². The topological polar surface area (TPSA) is 55.5 Å². The highest BCUT2D eigenvalue weighted by Gasteiger charge is 2.18. The molecular weight excluding hydrogens is 221 g/mol. The SMILES string of the molecule is COC(c1ccc(/C=C/CO)cc1)C(N)CF. The van der Waals surface area contributed by atoms with Crippen LogP contribution in [0.4, 0.5) is 4.39 Å². The van der Waals surface area contributed by atoms with Crippen molar-refractivity contribution in [2.45, 2.75) is 12.1 Å². The van der Waals surface area contributed by atoms with Crippen LogP contribution in [0.1, 0.15) is 17.2 Å². The van der Waals surface area contributed by atoms with E-state index in [-0.39, 0.29) is 6.61 Å². The normalized spacial score (nSPS) is 15.1. The maximum Gasteiger partial charge on any atom is 0.107 e. The third-order valence-corrected chi connectivity index (χ3v) is 2.50. The zero-order valence-electron chi connectivity index (χ0n) is 9.84. The minimum absolute atomic E-state index is 0.00910. The van der Waals surface area contributed by atoms with Gasteiger partial charge in [-0.2, -0.15) is 0 Å². The Bertz CT molecular complexity index is 351. The Labute approximate surface area is 101 Å². The molecule has 0 spiro atoms. The summed E-state index contributed by atoms with van der Waals surface area (Å²) in [6.07, 6.45) is 3.02. The molecule has 1 aromatic carbocycles. The van der Waals surface area contributed by atoms with E-state index in [4.69, 9.17) is 15.6 Å². The molecule has 0 fully saturated rings. The Morgan fingerprint density at radius 2 is 2.06 bits per heavy atom. The highest BCUT2D eigenvalue weighted by molar-refractivity contribution is 5.49. The number of aliphatic hydroxyl groups excluding tert-OH is 1. The second-order valence-electron chi connectivity index (χ2n) is 3.73. The van der Waals surface area contributed by atoms with Crippen molar-refractivity contribution < 1.29 is 14.2 Å². The molecule has 3 N–H and O–H groups in total. The number of rotatable bonds is 6. The van der Waals surface area contributed by atoms with E-state index in [1.165, 1.54) is 7.11 Å². The molecule has 0 aromatic heterocycles. The van der Waals surface area contributed by atoms with Crippen molar-refractivity contribution in [2.24, 2.45) is 5.73 Å². The molecule has 0 amide bonds. The lowest BCUT2D eigenvalue weighted by Crippen LogP contribution is -2.31. The molecule has 3 nitrogen and oxygen atoms in total. The molecule has 0 radical (unpaired) electrons. The molecule has 17 heavy (non-hydrogen) atoms. The summed E-state index contributed by atoms with van der Waals surface area (Å²) in [5.74, 6) is 0. The number of hydrogen-bond donors (Lipinski definition) is 2. The van der Waals surface area contributed by atoms with Crippen molar-refractivity contribution in [3.05, 3.63) is 41.5 Å². The van der Waals surface area contributed by atoms with Gasteiger partial charge in [-0.05, 0) is 11.1 Å². The molecule has 0 saturated heterocycles. The molecule has 0 aliphatic heterocycles. The summed E-state index contributed by atoms with van der Waals surface area (Å²) in [7, 11) is 1.51. The summed E-state index contributed by atoms with van der Waals surface area (Å²) in [4.78, 5) is 0. The van der Waals surface area contributed by atoms with Gasteiger partial charge in [-0.25, -0.2) is 4.39 Å². The van der Waals surface area contributed by atoms with Gasteiger partial charge in [0.1, 0.15) is 6.67 Å². The van der Waals surface area contributed by atoms with Gasteiger partial charge in [0, 0.05) is 7.11 Å². The highest BCUT2D eigenvalue weighted by Crippen LogP contribution is 2.20. The van der Waals surface area contributed by atoms with Crippen LogP contribution < -0.4 is 5.73 Å². The highest BCUT2D eigenvalue weighted by atomic mass is 19.1. The van der Waals surface area contributed by atoms with Crippen LogP contribution in [0.2, 0.25) is 0 Å². The van der Waals surface area contributed by atoms with Gasteiger partial charge in [0.2, 0.25) is 0 Å². The Morgan fingerprint density at radius 3 is 2.53 bits per heavy atom. The number of hydrogen-bond acceptors (Lipinski definition) is 3. The van der Waals surface area contributed by atoms with Gasteiger partial charge in [-0.15, -0.1) is 0 Å². The van der Waals surface area contributed by atoms with E-state index in [0.717, 1.165) is 11.1 Å². The van der Waals surface area contributed by atoms with E-state index in [1.807, 2.05) is 24.3 Å². The van der Waals surface area contributed by atoms with Gasteiger partial charge >= 0.3 is 0 Å². The minimum atomic E-state index is -0.654. The molecule has 1 rings (SSSR count). The maximum absolute atomic E-state index is 12.5. The minimum Gasteiger partial charge on any atom is -0.392 e. The van der Waals surface area contributed by atoms with Gasteiger partial charge < -0.3 is 15.6 Å². The second kappa shape index (κ2) is 7.17. The molecule has 0 aliphatic rings. The number of nitrogens with two attached hydrogens (primary N) is 1. The number of benzene rings is 1. The lowest BCUT2D eigenvalue weighted by Gasteiger charge is -2.20. The lowest BCUT2D eigenvalue weighted by molar-refractivity contribution is 0.0721. The molecule has 0 bridgehead atoms. The number of halogens is 1. The van der Waals surface area contributed by atoms with Gasteiger partial charge in [0.15, 0.2) is 0 Å². The first-order valence-corrected chi connectivity index (χ1v) is 5.44. The Balaban J connectivity index is 2.81. The molecule has 0 heterocycles. The molecular formula is C13H18FNO2. The summed E-state index contributed by atoms with van der Waals surface area (Å²) in [6, 6.07) is 6.79. The van der Waals surface area contributed by atoms with E-state index in [2.05, 4.69) is 0 Å². The van der Waals surface area contributed by atoms with Crippen molar-refractivity contribution in [2.75, 3.05) is 20.4 Å². The average Bonchev–Trinajstić information content (AvgIpc) is 2.38. The van der Waals surface area contributed by atoms with Crippen LogP contribution in [0.15, 0.2) is 30.3 Å². The first kappa shape index (κ1) is 13.8. The van der Waals surface area contributed by atoms with Crippen LogP contribution >= 0.6 is 0 Å². The summed E-state index contributed by atoms with van der Waals surface area (Å²) in [5.41, 5.74) is 7.44. The first-order valence-electron chi connectivity index (χ1n) is 5.44. The van der Waals surface area contributed by atoms with Gasteiger partial charge in [0.25, 0.3) is 0 Å². The predicted molar refractivity (Wildman–Crippen MR) is 66.3 cm³/mol. The number of ether oxygens (including phenoxy) is 1. The molecule has 4 heteroatoms. The van der Waals surface area contributed by atoms with E-state index in [1.54, 1.807) is 12.2 Å². The lowest BCUT2D eigenvalue weighted by atomic mass is 10.0. The monoisotopic (exact) mass is 239 g/mol. The van der Waals surface area contributed by atoms with Crippen LogP contribution in [0.25, 0.3) is 6.08 Å². The average molecular weight is 239 g/mol. The molecule has 0 saturated carbocycles. The molecule has 2 atom stereocenters. The Morgan fingerprint density at radius 1 is 1.41 bits per heavy atom. The van der Waals surface area contributed by atoms with Crippen molar-refractivity contribution in [1.82, 2.24) is 0 Å². The zero-order chi connectivity index (χ0) is 12.7. The van der Waals surface area contributed by atoms with E-state index < -0.39 is 18.8 Å². The van der Waals surface area contributed by atoms with Crippen molar-refractivity contribution in [3.63, 3.8) is 0 Å². The largest absolute Gasteiger partial charge is 0.392 e. The molecule has 94 valence electrons. The van der Waals surface area contributed by atoms with Crippen molar-refractivity contribution in [1.29, 1.82) is 0 Å². The van der Waals surface area contributed by atoms with E-state index >= 15 is 0 Å². The van der Waals surface area contributed by atoms with Gasteiger partial charge in [-0.3, -0.25) is 0 Å². The van der Waals surface area contributed by atoms with Crippen LogP contribution in [-0.2, 0) is 4.74 Å². The van der Waals surface area contributed by atoms with Crippen molar-refractivity contribution >= 4 is 6.08 Å². The summed E-state index contributed by atoms with van der Waals surface area (Å²) < 4.78 is 17.7. The molecule has 0 aliphatic carbocycles. The fourth-order valence-corrected chi connectivity index (χ4v) is 1.62. The third-order valence-electron chi connectivity index (χ3n) is 2.50. The molecule has 2 unspecified atom stereocenters.